The van der Waals surface area contributed by atoms with E-state index in [1.807, 2.05) is 0 Å². The first-order valence-electron chi connectivity index (χ1n) is 3.62. The molecule has 0 N–H and O–H groups in total. The van der Waals surface area contributed by atoms with E-state index in [9.17, 15) is 13.6 Å². The van der Waals surface area contributed by atoms with Crippen molar-refractivity contribution in [2.45, 2.75) is 25.9 Å². The van der Waals surface area contributed by atoms with Crippen LogP contribution in [-0.4, -0.2) is 24.8 Å². The molecule has 0 amide bonds. The molecule has 0 bridgehead atoms. The van der Waals surface area contributed by atoms with E-state index < -0.39 is 30.7 Å². The van der Waals surface area contributed by atoms with Crippen molar-refractivity contribution < 1.29 is 23.0 Å². The summed E-state index contributed by atoms with van der Waals surface area (Å²) in [4.78, 5) is 10.5. The fourth-order valence-electron chi connectivity index (χ4n) is 0.900. The summed E-state index contributed by atoms with van der Waals surface area (Å²) in [5, 5.41) is 0. The molecule has 3 nitrogen and oxygen atoms in total. The predicted molar refractivity (Wildman–Crippen MR) is 36.0 cm³/mol. The molecule has 0 radical (unpaired) electrons. The van der Waals surface area contributed by atoms with E-state index in [1.165, 1.54) is 6.92 Å². The fraction of sp³-hybridized carbons (Fsp3) is 0.857. The Kier molecular flexibility index (Phi) is 2.21. The minimum absolute atomic E-state index is 0.445. The first-order chi connectivity index (χ1) is 5.43. The van der Waals surface area contributed by atoms with E-state index in [4.69, 9.17) is 0 Å². The van der Waals surface area contributed by atoms with Crippen LogP contribution in [0.2, 0.25) is 0 Å². The lowest BCUT2D eigenvalue weighted by atomic mass is 9.99. The summed E-state index contributed by atoms with van der Waals surface area (Å²) in [6.07, 6.45) is -2.68. The molecule has 1 aliphatic rings. The van der Waals surface area contributed by atoms with Gasteiger partial charge in [0.2, 0.25) is 0 Å². The number of hydrogen-bond acceptors (Lipinski definition) is 3. The highest BCUT2D eigenvalue weighted by Crippen LogP contribution is 2.30. The third-order valence-corrected chi connectivity index (χ3v) is 2.00. The molecule has 1 heterocycles. The van der Waals surface area contributed by atoms with Gasteiger partial charge in [-0.1, -0.05) is 6.92 Å². The molecule has 1 rings (SSSR count). The lowest BCUT2D eigenvalue weighted by Crippen LogP contribution is -2.36. The highest BCUT2D eigenvalue weighted by Gasteiger charge is 2.44. The molecule has 0 aromatic carbocycles. The number of ether oxygens (including phenoxy) is 2. The predicted octanol–water partition coefficient (Wildman–Crippen LogP) is 1.81. The van der Waals surface area contributed by atoms with Gasteiger partial charge in [0.25, 0.3) is 5.85 Å². The second kappa shape index (κ2) is 2.88. The SMILES string of the molecule is CC1C(F)COC(=O)OC1(C)F. The smallest absolute Gasteiger partial charge is 0.431 e. The van der Waals surface area contributed by atoms with Crippen LogP contribution in [0.4, 0.5) is 13.6 Å². The van der Waals surface area contributed by atoms with Crippen molar-refractivity contribution in [3.8, 4) is 0 Å². The Labute approximate surface area is 68.6 Å². The Balaban J connectivity index is 2.79. The zero-order valence-electron chi connectivity index (χ0n) is 6.84. The molecule has 12 heavy (non-hydrogen) atoms. The second-order valence-electron chi connectivity index (χ2n) is 2.95. The first kappa shape index (κ1) is 9.22. The molecular weight excluding hydrogens is 170 g/mol. The maximum atomic E-state index is 13.3. The first-order valence-corrected chi connectivity index (χ1v) is 3.62. The number of carbonyl (C=O) groups excluding carboxylic acids is 1. The Morgan fingerprint density at radius 2 is 2.25 bits per heavy atom. The average molecular weight is 180 g/mol. The van der Waals surface area contributed by atoms with Crippen LogP contribution < -0.4 is 0 Å². The zero-order chi connectivity index (χ0) is 9.35. The van der Waals surface area contributed by atoms with Crippen molar-refractivity contribution in [1.82, 2.24) is 0 Å². The Bertz CT molecular complexity index is 193. The molecule has 5 heteroatoms. The van der Waals surface area contributed by atoms with E-state index >= 15 is 0 Å². The van der Waals surface area contributed by atoms with Gasteiger partial charge in [-0.25, -0.2) is 9.18 Å². The van der Waals surface area contributed by atoms with Gasteiger partial charge in [-0.3, -0.25) is 0 Å². The van der Waals surface area contributed by atoms with E-state index in [1.54, 1.807) is 0 Å². The minimum atomic E-state index is -2.28. The lowest BCUT2D eigenvalue weighted by molar-refractivity contribution is -0.130. The summed E-state index contributed by atoms with van der Waals surface area (Å²) in [5.74, 6) is -3.29. The number of hydrogen-bond donors (Lipinski definition) is 0. The molecule has 1 saturated heterocycles. The van der Waals surface area contributed by atoms with Gasteiger partial charge in [0.1, 0.15) is 12.8 Å². The van der Waals surface area contributed by atoms with Crippen LogP contribution in [-0.2, 0) is 9.47 Å². The van der Waals surface area contributed by atoms with Gasteiger partial charge < -0.3 is 9.47 Å². The van der Waals surface area contributed by atoms with Crippen LogP contribution in [0.15, 0.2) is 0 Å². The van der Waals surface area contributed by atoms with Gasteiger partial charge >= 0.3 is 6.16 Å². The van der Waals surface area contributed by atoms with Crippen LogP contribution in [0.5, 0.6) is 0 Å². The van der Waals surface area contributed by atoms with Crippen molar-refractivity contribution in [2.75, 3.05) is 6.61 Å². The molecule has 1 aliphatic heterocycles. The highest BCUT2D eigenvalue weighted by atomic mass is 19.2. The average Bonchev–Trinajstić information content (AvgIpc) is 2.03. The summed E-state index contributed by atoms with van der Waals surface area (Å²) >= 11 is 0. The van der Waals surface area contributed by atoms with Crippen molar-refractivity contribution in [1.29, 1.82) is 0 Å². The Morgan fingerprint density at radius 3 is 2.83 bits per heavy atom. The molecule has 3 atom stereocenters. The Morgan fingerprint density at radius 1 is 1.67 bits per heavy atom. The van der Waals surface area contributed by atoms with Crippen molar-refractivity contribution in [3.05, 3.63) is 0 Å². The van der Waals surface area contributed by atoms with Gasteiger partial charge in [-0.15, -0.1) is 0 Å². The number of rotatable bonds is 0. The van der Waals surface area contributed by atoms with Gasteiger partial charge in [0, 0.05) is 6.92 Å². The third-order valence-electron chi connectivity index (χ3n) is 2.00. The molecule has 0 spiro atoms. The van der Waals surface area contributed by atoms with Gasteiger partial charge in [0.15, 0.2) is 0 Å². The van der Waals surface area contributed by atoms with Crippen molar-refractivity contribution in [3.63, 3.8) is 0 Å². The topological polar surface area (TPSA) is 35.5 Å². The van der Waals surface area contributed by atoms with E-state index in [0.717, 1.165) is 6.92 Å². The van der Waals surface area contributed by atoms with Crippen LogP contribution in [0.1, 0.15) is 13.8 Å². The number of carbonyl (C=O) groups is 1. The number of alkyl halides is 2. The van der Waals surface area contributed by atoms with Gasteiger partial charge in [-0.2, -0.15) is 4.39 Å². The van der Waals surface area contributed by atoms with Crippen molar-refractivity contribution in [2.24, 2.45) is 5.92 Å². The lowest BCUT2D eigenvalue weighted by Gasteiger charge is -2.24. The summed E-state index contributed by atoms with van der Waals surface area (Å²) in [6.45, 7) is 1.89. The maximum Gasteiger partial charge on any atom is 0.511 e. The van der Waals surface area contributed by atoms with Crippen molar-refractivity contribution >= 4 is 6.16 Å². The minimum Gasteiger partial charge on any atom is -0.431 e. The molecular formula is C7H10F2O3. The Hall–Kier alpha value is -0.870. The molecule has 1 fully saturated rings. The summed E-state index contributed by atoms with van der Waals surface area (Å²) < 4.78 is 34.6. The summed E-state index contributed by atoms with van der Waals surface area (Å²) in [7, 11) is 0. The quantitative estimate of drug-likeness (QED) is 0.533. The highest BCUT2D eigenvalue weighted by molar-refractivity contribution is 5.60. The monoisotopic (exact) mass is 180 g/mol. The number of cyclic esters (lactones) is 2. The summed E-state index contributed by atoms with van der Waals surface area (Å²) in [5.41, 5.74) is 0. The molecule has 0 aromatic heterocycles. The van der Waals surface area contributed by atoms with Crippen LogP contribution in [0.3, 0.4) is 0 Å². The molecule has 0 saturated carbocycles. The second-order valence-corrected chi connectivity index (χ2v) is 2.95. The number of halogens is 2. The molecule has 70 valence electrons. The summed E-state index contributed by atoms with van der Waals surface area (Å²) in [6, 6.07) is 0. The van der Waals surface area contributed by atoms with E-state index in [2.05, 4.69) is 9.47 Å². The fourth-order valence-corrected chi connectivity index (χ4v) is 0.900. The largest absolute Gasteiger partial charge is 0.511 e. The standard InChI is InChI=1S/C7H10F2O3/c1-4-5(8)3-11-6(10)12-7(4,2)9/h4-5H,3H2,1-2H3. The van der Waals surface area contributed by atoms with Crippen LogP contribution in [0, 0.1) is 5.92 Å². The zero-order valence-corrected chi connectivity index (χ0v) is 6.84. The van der Waals surface area contributed by atoms with Gasteiger partial charge in [0.05, 0.1) is 5.92 Å². The molecule has 0 aromatic rings. The van der Waals surface area contributed by atoms with Crippen LogP contribution in [0.25, 0.3) is 0 Å². The van der Waals surface area contributed by atoms with Gasteiger partial charge in [-0.05, 0) is 0 Å². The third kappa shape index (κ3) is 1.65. The molecule has 3 unspecified atom stereocenters. The maximum absolute atomic E-state index is 13.3. The van der Waals surface area contributed by atoms with Crippen LogP contribution >= 0.6 is 0 Å². The normalized spacial score (nSPS) is 42.8. The molecule has 0 aliphatic carbocycles. The van der Waals surface area contributed by atoms with E-state index in [0.29, 0.717) is 0 Å². The van der Waals surface area contributed by atoms with E-state index in [-0.39, 0.29) is 0 Å².